The van der Waals surface area contributed by atoms with Crippen LogP contribution in [0.3, 0.4) is 0 Å². The van der Waals surface area contributed by atoms with Gasteiger partial charge in [-0.1, -0.05) is 6.07 Å². The Kier molecular flexibility index (Phi) is 4.39. The number of rotatable bonds is 3. The highest BCUT2D eigenvalue weighted by Crippen LogP contribution is 2.40. The van der Waals surface area contributed by atoms with Crippen LogP contribution in [-0.2, 0) is 0 Å². The van der Waals surface area contributed by atoms with E-state index in [1.54, 1.807) is 6.20 Å². The predicted octanol–water partition coefficient (Wildman–Crippen LogP) is 3.24. The minimum absolute atomic E-state index is 0.0899. The van der Waals surface area contributed by atoms with Crippen LogP contribution in [0.4, 0.5) is 5.82 Å². The first-order valence-corrected chi connectivity index (χ1v) is 9.46. The average molecular weight is 350 g/mol. The molecule has 26 heavy (non-hydrogen) atoms. The van der Waals surface area contributed by atoms with Gasteiger partial charge in [-0.05, 0) is 61.8 Å². The third-order valence-electron chi connectivity index (χ3n) is 5.68. The average Bonchev–Trinajstić information content (AvgIpc) is 3.49. The quantitative estimate of drug-likeness (QED) is 0.853. The lowest BCUT2D eigenvalue weighted by Gasteiger charge is -2.36. The smallest absolute Gasteiger partial charge is 0.255 e. The summed E-state index contributed by atoms with van der Waals surface area (Å²) < 4.78 is 0. The van der Waals surface area contributed by atoms with Crippen molar-refractivity contribution >= 4 is 11.7 Å². The van der Waals surface area contributed by atoms with Crippen molar-refractivity contribution in [1.29, 1.82) is 0 Å². The van der Waals surface area contributed by atoms with Crippen molar-refractivity contribution in [3.63, 3.8) is 0 Å². The maximum Gasteiger partial charge on any atom is 0.255 e. The highest BCUT2D eigenvalue weighted by atomic mass is 16.2. The van der Waals surface area contributed by atoms with Gasteiger partial charge in [0.15, 0.2) is 0 Å². The Bertz CT molecular complexity index is 836. The number of piperazine rings is 1. The molecule has 5 nitrogen and oxygen atoms in total. The molecule has 2 aromatic rings. The Morgan fingerprint density at radius 3 is 2.38 bits per heavy atom. The van der Waals surface area contributed by atoms with Gasteiger partial charge in [0.1, 0.15) is 5.82 Å². The molecule has 3 heterocycles. The summed E-state index contributed by atoms with van der Waals surface area (Å²) in [5.41, 5.74) is 5.43. The van der Waals surface area contributed by atoms with Crippen LogP contribution in [0.25, 0.3) is 0 Å². The molecule has 0 bridgehead atoms. The highest BCUT2D eigenvalue weighted by Gasteiger charge is 2.27. The highest BCUT2D eigenvalue weighted by molar-refractivity contribution is 5.95. The summed E-state index contributed by atoms with van der Waals surface area (Å²) >= 11 is 0. The number of hydrogen-bond acceptors (Lipinski definition) is 4. The second-order valence-corrected chi connectivity index (χ2v) is 7.59. The molecule has 0 unspecified atom stereocenters. The van der Waals surface area contributed by atoms with Gasteiger partial charge in [-0.25, -0.2) is 4.98 Å². The maximum atomic E-state index is 12.9. The zero-order valence-electron chi connectivity index (χ0n) is 15.8. The number of nitrogens with zero attached hydrogens (tertiary/aromatic N) is 4. The lowest BCUT2D eigenvalue weighted by Crippen LogP contribution is -2.49. The molecule has 5 heteroatoms. The van der Waals surface area contributed by atoms with Crippen LogP contribution in [0, 0.1) is 20.8 Å². The number of aromatic nitrogens is 2. The van der Waals surface area contributed by atoms with Crippen molar-refractivity contribution in [2.45, 2.75) is 39.5 Å². The Labute approximate surface area is 155 Å². The van der Waals surface area contributed by atoms with Crippen LogP contribution in [0.5, 0.6) is 0 Å². The minimum Gasteiger partial charge on any atom is -0.353 e. The standard InChI is InChI=1S/C21H26N4O/c1-14-10-18(17-4-5-17)12-23-20(14)24-6-8-25(9-7-24)21(26)19-13-22-11-15(2)16(19)3/h10-13,17H,4-9H2,1-3H3. The molecular weight excluding hydrogens is 324 g/mol. The van der Waals surface area contributed by atoms with E-state index in [4.69, 9.17) is 4.98 Å². The molecule has 1 saturated carbocycles. The van der Waals surface area contributed by atoms with Crippen molar-refractivity contribution in [3.8, 4) is 0 Å². The van der Waals surface area contributed by atoms with Crippen molar-refractivity contribution < 1.29 is 4.79 Å². The van der Waals surface area contributed by atoms with Gasteiger partial charge in [-0.3, -0.25) is 9.78 Å². The molecule has 4 rings (SSSR count). The molecule has 1 amide bonds. The Balaban J connectivity index is 1.44. The first-order chi connectivity index (χ1) is 12.5. The van der Waals surface area contributed by atoms with Gasteiger partial charge in [-0.15, -0.1) is 0 Å². The maximum absolute atomic E-state index is 12.9. The van der Waals surface area contributed by atoms with Crippen molar-refractivity contribution in [3.05, 3.63) is 52.5 Å². The number of carbonyl (C=O) groups is 1. The molecule has 0 N–H and O–H groups in total. The summed E-state index contributed by atoms with van der Waals surface area (Å²) in [4.78, 5) is 26.0. The first-order valence-electron chi connectivity index (χ1n) is 9.46. The Hall–Kier alpha value is -2.43. The minimum atomic E-state index is 0.0899. The van der Waals surface area contributed by atoms with E-state index in [0.29, 0.717) is 0 Å². The number of anilines is 1. The summed E-state index contributed by atoms with van der Waals surface area (Å²) in [7, 11) is 0. The van der Waals surface area contributed by atoms with Crippen LogP contribution in [0.15, 0.2) is 24.7 Å². The van der Waals surface area contributed by atoms with E-state index in [2.05, 4.69) is 22.9 Å². The van der Waals surface area contributed by atoms with Crippen molar-refractivity contribution in [2.24, 2.45) is 0 Å². The second-order valence-electron chi connectivity index (χ2n) is 7.59. The van der Waals surface area contributed by atoms with Crippen LogP contribution in [0.1, 0.15) is 51.4 Å². The fourth-order valence-electron chi connectivity index (χ4n) is 3.70. The molecule has 2 aromatic heterocycles. The van der Waals surface area contributed by atoms with Gasteiger partial charge in [0.2, 0.25) is 0 Å². The van der Waals surface area contributed by atoms with Crippen LogP contribution in [-0.4, -0.2) is 47.0 Å². The van der Waals surface area contributed by atoms with Gasteiger partial charge in [0, 0.05) is 44.8 Å². The van der Waals surface area contributed by atoms with Gasteiger partial charge in [-0.2, -0.15) is 0 Å². The first kappa shape index (κ1) is 17.0. The summed E-state index contributed by atoms with van der Waals surface area (Å²) in [5.74, 6) is 1.89. The molecule has 1 aliphatic heterocycles. The fourth-order valence-corrected chi connectivity index (χ4v) is 3.70. The molecule has 1 aliphatic carbocycles. The topological polar surface area (TPSA) is 49.3 Å². The molecule has 2 fully saturated rings. The SMILES string of the molecule is Cc1cc(C2CC2)cnc1N1CCN(C(=O)c2cncc(C)c2C)CC1. The molecule has 0 spiro atoms. The van der Waals surface area contributed by atoms with Crippen LogP contribution in [0.2, 0.25) is 0 Å². The summed E-state index contributed by atoms with van der Waals surface area (Å²) in [5, 5.41) is 0. The van der Waals surface area contributed by atoms with Gasteiger partial charge < -0.3 is 9.80 Å². The van der Waals surface area contributed by atoms with E-state index in [9.17, 15) is 4.79 Å². The van der Waals surface area contributed by atoms with Crippen molar-refractivity contribution in [2.75, 3.05) is 31.1 Å². The molecule has 136 valence electrons. The fraction of sp³-hybridized carbons (Fsp3) is 0.476. The molecule has 0 atom stereocenters. The Morgan fingerprint density at radius 2 is 1.73 bits per heavy atom. The number of aryl methyl sites for hydroxylation is 2. The van der Waals surface area contributed by atoms with E-state index < -0.39 is 0 Å². The van der Waals surface area contributed by atoms with E-state index >= 15 is 0 Å². The Morgan fingerprint density at radius 1 is 1.00 bits per heavy atom. The number of carbonyl (C=O) groups excluding carboxylic acids is 1. The zero-order chi connectivity index (χ0) is 18.3. The molecule has 0 aromatic carbocycles. The van der Waals surface area contributed by atoms with Crippen LogP contribution < -0.4 is 4.90 Å². The summed E-state index contributed by atoms with van der Waals surface area (Å²) in [6, 6.07) is 2.29. The van der Waals surface area contributed by atoms with E-state index in [-0.39, 0.29) is 5.91 Å². The van der Waals surface area contributed by atoms with E-state index in [1.807, 2.05) is 31.1 Å². The summed E-state index contributed by atoms with van der Waals surface area (Å²) in [6.07, 6.45) is 8.14. The van der Waals surface area contributed by atoms with E-state index in [0.717, 1.165) is 54.6 Å². The molecule has 2 aliphatic rings. The largest absolute Gasteiger partial charge is 0.353 e. The third-order valence-corrected chi connectivity index (χ3v) is 5.68. The van der Waals surface area contributed by atoms with Crippen molar-refractivity contribution in [1.82, 2.24) is 14.9 Å². The van der Waals surface area contributed by atoms with Gasteiger partial charge in [0.05, 0.1) is 5.56 Å². The molecule has 0 radical (unpaired) electrons. The zero-order valence-corrected chi connectivity index (χ0v) is 15.8. The monoisotopic (exact) mass is 350 g/mol. The van der Waals surface area contributed by atoms with Crippen LogP contribution >= 0.6 is 0 Å². The van der Waals surface area contributed by atoms with Gasteiger partial charge >= 0.3 is 0 Å². The normalized spacial score (nSPS) is 17.5. The van der Waals surface area contributed by atoms with Gasteiger partial charge in [0.25, 0.3) is 5.91 Å². The third kappa shape index (κ3) is 3.18. The predicted molar refractivity (Wildman–Crippen MR) is 103 cm³/mol. The van der Waals surface area contributed by atoms with E-state index in [1.165, 1.54) is 24.0 Å². The lowest BCUT2D eigenvalue weighted by molar-refractivity contribution is 0.0745. The number of hydrogen-bond donors (Lipinski definition) is 0. The number of amides is 1. The molecule has 1 saturated heterocycles. The molecular formula is C21H26N4O. The number of pyridine rings is 2. The second kappa shape index (κ2) is 6.71. The lowest BCUT2D eigenvalue weighted by atomic mass is 10.1. The summed E-state index contributed by atoms with van der Waals surface area (Å²) in [6.45, 7) is 9.22.